The van der Waals surface area contributed by atoms with Crippen molar-refractivity contribution in [3.05, 3.63) is 16.4 Å². The van der Waals surface area contributed by atoms with Crippen molar-refractivity contribution in [1.82, 2.24) is 25.2 Å². The van der Waals surface area contributed by atoms with Crippen LogP contribution in [0.1, 0.15) is 54.4 Å². The maximum Gasteiger partial charge on any atom is 0.234 e. The van der Waals surface area contributed by atoms with Gasteiger partial charge in [0, 0.05) is 5.92 Å². The molecule has 0 aliphatic heterocycles. The molecule has 0 amide bonds. The molecule has 0 saturated heterocycles. The van der Waals surface area contributed by atoms with Gasteiger partial charge in [-0.3, -0.25) is 0 Å². The molecule has 0 unspecified atom stereocenters. The average molecular weight is 279 g/mol. The summed E-state index contributed by atoms with van der Waals surface area (Å²) in [5, 5.41) is 27.5. The van der Waals surface area contributed by atoms with Crippen LogP contribution in [-0.2, 0) is 6.61 Å². The van der Waals surface area contributed by atoms with Crippen molar-refractivity contribution in [1.29, 1.82) is 0 Å². The van der Waals surface area contributed by atoms with Crippen LogP contribution in [0.4, 0.5) is 0 Å². The Bertz CT molecular complexity index is 558. The normalized spacial score (nSPS) is 16.9. The summed E-state index contributed by atoms with van der Waals surface area (Å²) in [5.41, 5.74) is 1.71. The Kier molecular flexibility index (Phi) is 3.56. The number of nitrogens with zero attached hydrogens (tertiary/aromatic N) is 5. The van der Waals surface area contributed by atoms with Gasteiger partial charge in [0.25, 0.3) is 0 Å². The van der Waals surface area contributed by atoms with Gasteiger partial charge in [-0.25, -0.2) is 0 Å². The molecule has 3 rings (SSSR count). The predicted molar refractivity (Wildman–Crippen MR) is 71.3 cm³/mol. The van der Waals surface area contributed by atoms with Gasteiger partial charge in [-0.2, -0.15) is 4.68 Å². The van der Waals surface area contributed by atoms with Gasteiger partial charge in [-0.15, -0.1) is 15.3 Å². The fourth-order valence-corrected chi connectivity index (χ4v) is 3.38. The summed E-state index contributed by atoms with van der Waals surface area (Å²) in [6.45, 7) is 1.86. The first kappa shape index (κ1) is 12.7. The van der Waals surface area contributed by atoms with Gasteiger partial charge in [0.05, 0.1) is 12.3 Å². The molecule has 0 atom stereocenters. The quantitative estimate of drug-likeness (QED) is 0.929. The molecule has 1 fully saturated rings. The smallest absolute Gasteiger partial charge is 0.234 e. The van der Waals surface area contributed by atoms with Crippen LogP contribution in [0.25, 0.3) is 5.13 Å². The number of aromatic nitrogens is 5. The Morgan fingerprint density at radius 2 is 2.00 bits per heavy atom. The molecule has 0 bridgehead atoms. The molecule has 1 N–H and O–H groups in total. The molecule has 2 aromatic heterocycles. The van der Waals surface area contributed by atoms with E-state index in [0.717, 1.165) is 28.7 Å². The molecule has 2 heterocycles. The topological polar surface area (TPSA) is 76.7 Å². The predicted octanol–water partition coefficient (Wildman–Crippen LogP) is 1.97. The number of aliphatic hydroxyl groups is 1. The zero-order valence-electron chi connectivity index (χ0n) is 10.9. The minimum Gasteiger partial charge on any atom is -0.390 e. The molecule has 1 aliphatic rings. The summed E-state index contributed by atoms with van der Waals surface area (Å²) in [6, 6.07) is 0. The molecule has 6 nitrogen and oxygen atoms in total. The highest BCUT2D eigenvalue weighted by atomic mass is 32.1. The molecule has 19 heavy (non-hydrogen) atoms. The Hall–Kier alpha value is -1.34. The van der Waals surface area contributed by atoms with E-state index in [1.807, 2.05) is 6.92 Å². The minimum absolute atomic E-state index is 0.0659. The van der Waals surface area contributed by atoms with E-state index in [4.69, 9.17) is 0 Å². The van der Waals surface area contributed by atoms with Crippen molar-refractivity contribution >= 4 is 11.3 Å². The molecular formula is C12H17N5OS. The lowest BCUT2D eigenvalue weighted by Crippen LogP contribution is -2.12. The van der Waals surface area contributed by atoms with E-state index in [2.05, 4.69) is 20.5 Å². The zero-order valence-corrected chi connectivity index (χ0v) is 11.7. The van der Waals surface area contributed by atoms with Gasteiger partial charge in [-0.05, 0) is 19.8 Å². The lowest BCUT2D eigenvalue weighted by molar-refractivity contribution is 0.273. The van der Waals surface area contributed by atoms with Crippen LogP contribution >= 0.6 is 11.3 Å². The summed E-state index contributed by atoms with van der Waals surface area (Å²) in [6.07, 6.45) is 6.03. The van der Waals surface area contributed by atoms with Gasteiger partial charge in [0.1, 0.15) is 10.7 Å². The maximum atomic E-state index is 9.47. The molecule has 1 aliphatic carbocycles. The Balaban J connectivity index is 2.02. The largest absolute Gasteiger partial charge is 0.390 e. The van der Waals surface area contributed by atoms with Crippen molar-refractivity contribution in [2.75, 3.05) is 0 Å². The summed E-state index contributed by atoms with van der Waals surface area (Å²) in [4.78, 5) is 0. The van der Waals surface area contributed by atoms with E-state index in [0.29, 0.717) is 11.6 Å². The standard InChI is InChI=1S/C12H17N5OS/c1-8-13-15-12(19-8)17-11(10(7-18)14-16-17)9-5-3-2-4-6-9/h9,18H,2-7H2,1H3. The van der Waals surface area contributed by atoms with E-state index in [-0.39, 0.29) is 6.61 Å². The van der Waals surface area contributed by atoms with Gasteiger partial charge in [0.2, 0.25) is 5.13 Å². The molecule has 1 saturated carbocycles. The third-order valence-corrected chi connectivity index (χ3v) is 4.43. The van der Waals surface area contributed by atoms with E-state index in [1.165, 1.54) is 30.6 Å². The second-order valence-electron chi connectivity index (χ2n) is 4.93. The number of rotatable bonds is 3. The van der Waals surface area contributed by atoms with E-state index >= 15 is 0 Å². The van der Waals surface area contributed by atoms with Crippen molar-refractivity contribution in [3.8, 4) is 5.13 Å². The van der Waals surface area contributed by atoms with Crippen molar-refractivity contribution in [3.63, 3.8) is 0 Å². The van der Waals surface area contributed by atoms with Gasteiger partial charge < -0.3 is 5.11 Å². The Morgan fingerprint density at radius 1 is 1.21 bits per heavy atom. The average Bonchev–Trinajstić information content (AvgIpc) is 3.05. The summed E-state index contributed by atoms with van der Waals surface area (Å²) < 4.78 is 1.77. The van der Waals surface area contributed by atoms with Crippen LogP contribution in [0.2, 0.25) is 0 Å². The van der Waals surface area contributed by atoms with Crippen LogP contribution in [0.15, 0.2) is 0 Å². The van der Waals surface area contributed by atoms with Crippen LogP contribution in [-0.4, -0.2) is 30.3 Å². The third kappa shape index (κ3) is 2.40. The number of aryl methyl sites for hydroxylation is 1. The molecule has 2 aromatic rings. The monoisotopic (exact) mass is 279 g/mol. The molecular weight excluding hydrogens is 262 g/mol. The van der Waals surface area contributed by atoms with Crippen LogP contribution in [0.5, 0.6) is 0 Å². The first-order chi connectivity index (χ1) is 9.29. The van der Waals surface area contributed by atoms with E-state index < -0.39 is 0 Å². The summed E-state index contributed by atoms with van der Waals surface area (Å²) in [7, 11) is 0. The van der Waals surface area contributed by atoms with Crippen molar-refractivity contribution < 1.29 is 5.11 Å². The molecule has 0 aromatic carbocycles. The Morgan fingerprint density at radius 3 is 2.63 bits per heavy atom. The van der Waals surface area contributed by atoms with Crippen LogP contribution in [0.3, 0.4) is 0 Å². The number of hydrogen-bond acceptors (Lipinski definition) is 6. The van der Waals surface area contributed by atoms with E-state index in [1.54, 1.807) is 4.68 Å². The van der Waals surface area contributed by atoms with Gasteiger partial charge in [0.15, 0.2) is 0 Å². The second kappa shape index (κ2) is 5.34. The number of aliphatic hydroxyl groups excluding tert-OH is 1. The zero-order chi connectivity index (χ0) is 13.2. The molecule has 0 spiro atoms. The number of hydrogen-bond donors (Lipinski definition) is 1. The third-order valence-electron chi connectivity index (χ3n) is 3.62. The molecule has 0 radical (unpaired) electrons. The minimum atomic E-state index is -0.0659. The Labute approximate surface area is 115 Å². The fraction of sp³-hybridized carbons (Fsp3) is 0.667. The summed E-state index contributed by atoms with van der Waals surface area (Å²) in [5.74, 6) is 0.426. The van der Waals surface area contributed by atoms with E-state index in [9.17, 15) is 5.11 Å². The van der Waals surface area contributed by atoms with Crippen LogP contribution in [0, 0.1) is 6.92 Å². The van der Waals surface area contributed by atoms with Gasteiger partial charge >= 0.3 is 0 Å². The lowest BCUT2D eigenvalue weighted by atomic mass is 9.86. The van der Waals surface area contributed by atoms with Crippen molar-refractivity contribution in [2.24, 2.45) is 0 Å². The molecule has 102 valence electrons. The highest BCUT2D eigenvalue weighted by Gasteiger charge is 2.25. The highest BCUT2D eigenvalue weighted by Crippen LogP contribution is 2.35. The van der Waals surface area contributed by atoms with Gasteiger partial charge in [-0.1, -0.05) is 35.8 Å². The van der Waals surface area contributed by atoms with Crippen molar-refractivity contribution in [2.45, 2.75) is 51.6 Å². The SMILES string of the molecule is Cc1nnc(-n2nnc(CO)c2C2CCCCC2)s1. The first-order valence-electron chi connectivity index (χ1n) is 6.65. The summed E-state index contributed by atoms with van der Waals surface area (Å²) >= 11 is 1.50. The first-order valence-corrected chi connectivity index (χ1v) is 7.47. The molecule has 7 heteroatoms. The fourth-order valence-electron chi connectivity index (χ4n) is 2.73. The van der Waals surface area contributed by atoms with Crippen LogP contribution < -0.4 is 0 Å². The maximum absolute atomic E-state index is 9.47. The second-order valence-corrected chi connectivity index (χ2v) is 6.09. The lowest BCUT2D eigenvalue weighted by Gasteiger charge is -2.22. The highest BCUT2D eigenvalue weighted by molar-refractivity contribution is 7.13.